The Morgan fingerprint density at radius 2 is 1.41 bits per heavy atom. The maximum Gasteiger partial charge on any atom is 0.261 e. The van der Waals surface area contributed by atoms with Crippen molar-refractivity contribution in [2.24, 2.45) is 0 Å². The highest BCUT2D eigenvalue weighted by atomic mass is 19.1. The Hall–Kier alpha value is -3.86. The Morgan fingerprint density at radius 1 is 0.759 bits per heavy atom. The number of hydrogen-bond donors (Lipinski definition) is 0. The lowest BCUT2D eigenvalue weighted by Crippen LogP contribution is -2.29. The summed E-state index contributed by atoms with van der Waals surface area (Å²) in [6.07, 6.45) is 0. The largest absolute Gasteiger partial charge is 0.269 e. The number of hydrogen-bond acceptors (Lipinski definition) is 3. The molecule has 0 saturated carbocycles. The van der Waals surface area contributed by atoms with Crippen molar-refractivity contribution in [1.29, 1.82) is 0 Å². The van der Waals surface area contributed by atoms with Crippen molar-refractivity contribution in [3.05, 3.63) is 102 Å². The fourth-order valence-corrected chi connectivity index (χ4v) is 3.72. The number of pyridine rings is 1. The highest BCUT2D eigenvalue weighted by molar-refractivity contribution is 6.21. The Morgan fingerprint density at radius 3 is 2.10 bits per heavy atom. The van der Waals surface area contributed by atoms with Crippen LogP contribution in [0.25, 0.3) is 22.0 Å². The zero-order valence-corrected chi connectivity index (χ0v) is 15.3. The van der Waals surface area contributed by atoms with Gasteiger partial charge < -0.3 is 0 Å². The molecule has 0 spiro atoms. The van der Waals surface area contributed by atoms with Gasteiger partial charge in [0.15, 0.2) is 0 Å². The molecule has 0 N–H and O–H groups in total. The van der Waals surface area contributed by atoms with Crippen LogP contribution in [0.15, 0.2) is 78.9 Å². The van der Waals surface area contributed by atoms with Crippen LogP contribution in [0.2, 0.25) is 0 Å². The minimum atomic E-state index is -0.439. The minimum absolute atomic E-state index is 0.0269. The molecule has 2 heterocycles. The van der Waals surface area contributed by atoms with E-state index < -0.39 is 5.82 Å². The van der Waals surface area contributed by atoms with Crippen molar-refractivity contribution in [2.75, 3.05) is 0 Å². The lowest BCUT2D eigenvalue weighted by atomic mass is 10.0. The highest BCUT2D eigenvalue weighted by Crippen LogP contribution is 2.31. The molecular weight excluding hydrogens is 367 g/mol. The first-order chi connectivity index (χ1) is 14.1. The molecule has 3 aromatic carbocycles. The first-order valence-corrected chi connectivity index (χ1v) is 9.22. The van der Waals surface area contributed by atoms with Crippen LogP contribution in [0.4, 0.5) is 4.39 Å². The van der Waals surface area contributed by atoms with Crippen molar-refractivity contribution in [2.45, 2.75) is 6.54 Å². The monoisotopic (exact) mass is 382 g/mol. The molecule has 5 heteroatoms. The van der Waals surface area contributed by atoms with Crippen molar-refractivity contribution >= 4 is 22.7 Å². The summed E-state index contributed by atoms with van der Waals surface area (Å²) in [5.74, 6) is -1.16. The first-order valence-electron chi connectivity index (χ1n) is 9.22. The molecule has 0 bridgehead atoms. The number of amides is 2. The summed E-state index contributed by atoms with van der Waals surface area (Å²) < 4.78 is 14.4. The molecular formula is C24H15FN2O2. The van der Waals surface area contributed by atoms with Gasteiger partial charge in [-0.3, -0.25) is 14.5 Å². The molecule has 2 amide bonds. The summed E-state index contributed by atoms with van der Waals surface area (Å²) in [6.45, 7) is -0.0269. The van der Waals surface area contributed by atoms with Crippen LogP contribution in [0.5, 0.6) is 0 Å². The van der Waals surface area contributed by atoms with E-state index in [0.29, 0.717) is 22.2 Å². The van der Waals surface area contributed by atoms with E-state index >= 15 is 0 Å². The van der Waals surface area contributed by atoms with E-state index in [9.17, 15) is 14.0 Å². The zero-order valence-electron chi connectivity index (χ0n) is 15.3. The lowest BCUT2D eigenvalue weighted by molar-refractivity contribution is 0.0641. The van der Waals surface area contributed by atoms with Crippen LogP contribution in [0.1, 0.15) is 26.4 Å². The summed E-state index contributed by atoms with van der Waals surface area (Å²) in [5.41, 5.74) is 3.11. The smallest absolute Gasteiger partial charge is 0.261 e. The lowest BCUT2D eigenvalue weighted by Gasteiger charge is -2.17. The molecule has 4 nitrogen and oxygen atoms in total. The van der Waals surface area contributed by atoms with Crippen molar-refractivity contribution in [1.82, 2.24) is 9.88 Å². The van der Waals surface area contributed by atoms with E-state index in [4.69, 9.17) is 0 Å². The van der Waals surface area contributed by atoms with Gasteiger partial charge in [-0.1, -0.05) is 54.6 Å². The molecule has 140 valence electrons. The Balaban J connectivity index is 1.65. The van der Waals surface area contributed by atoms with Crippen LogP contribution >= 0.6 is 0 Å². The molecule has 0 atom stereocenters. The van der Waals surface area contributed by atoms with E-state index in [1.807, 2.05) is 36.4 Å². The predicted molar refractivity (Wildman–Crippen MR) is 108 cm³/mol. The second-order valence-corrected chi connectivity index (χ2v) is 6.90. The third-order valence-electron chi connectivity index (χ3n) is 5.15. The van der Waals surface area contributed by atoms with Gasteiger partial charge in [0.2, 0.25) is 0 Å². The highest BCUT2D eigenvalue weighted by Gasteiger charge is 2.35. The van der Waals surface area contributed by atoms with Gasteiger partial charge in [0, 0.05) is 10.9 Å². The van der Waals surface area contributed by atoms with Gasteiger partial charge in [-0.25, -0.2) is 9.37 Å². The topological polar surface area (TPSA) is 50.3 Å². The maximum absolute atomic E-state index is 14.4. The fraction of sp³-hybridized carbons (Fsp3) is 0.0417. The van der Waals surface area contributed by atoms with Gasteiger partial charge >= 0.3 is 0 Å². The minimum Gasteiger partial charge on any atom is -0.269 e. The molecule has 0 radical (unpaired) electrons. The molecule has 0 unspecified atom stereocenters. The number of halogens is 1. The van der Waals surface area contributed by atoms with Crippen LogP contribution in [-0.2, 0) is 6.54 Å². The normalized spacial score (nSPS) is 13.2. The molecule has 1 aliphatic rings. The average Bonchev–Trinajstić information content (AvgIpc) is 3.00. The van der Waals surface area contributed by atoms with E-state index in [0.717, 1.165) is 11.1 Å². The van der Waals surface area contributed by atoms with Crippen LogP contribution < -0.4 is 0 Å². The van der Waals surface area contributed by atoms with Gasteiger partial charge in [-0.15, -0.1) is 0 Å². The zero-order chi connectivity index (χ0) is 20.0. The predicted octanol–water partition coefficient (Wildman–Crippen LogP) is 4.84. The van der Waals surface area contributed by atoms with E-state index in [2.05, 4.69) is 4.98 Å². The number of nitrogens with zero attached hydrogens (tertiary/aromatic N) is 2. The molecule has 1 aromatic heterocycles. The van der Waals surface area contributed by atoms with Crippen LogP contribution in [0.3, 0.4) is 0 Å². The van der Waals surface area contributed by atoms with Crippen molar-refractivity contribution < 1.29 is 14.0 Å². The van der Waals surface area contributed by atoms with Gasteiger partial charge in [-0.2, -0.15) is 0 Å². The van der Waals surface area contributed by atoms with E-state index in [-0.39, 0.29) is 23.9 Å². The van der Waals surface area contributed by atoms with E-state index in [1.54, 1.807) is 36.4 Å². The Bertz CT molecular complexity index is 1250. The summed E-state index contributed by atoms with van der Waals surface area (Å²) >= 11 is 0. The van der Waals surface area contributed by atoms with Gasteiger partial charge in [0.05, 0.1) is 23.4 Å². The molecule has 0 fully saturated rings. The quantitative estimate of drug-likeness (QED) is 0.477. The maximum atomic E-state index is 14.4. The van der Waals surface area contributed by atoms with Crippen LogP contribution in [0, 0.1) is 5.82 Å². The van der Waals surface area contributed by atoms with Gasteiger partial charge in [0.1, 0.15) is 11.3 Å². The fourth-order valence-electron chi connectivity index (χ4n) is 3.72. The third-order valence-corrected chi connectivity index (χ3v) is 5.15. The number of fused-ring (bicyclic) bond motifs is 2. The number of carbonyl (C=O) groups is 2. The summed E-state index contributed by atoms with van der Waals surface area (Å²) in [6, 6.07) is 22.9. The van der Waals surface area contributed by atoms with Gasteiger partial charge in [0.25, 0.3) is 11.8 Å². The van der Waals surface area contributed by atoms with E-state index in [1.165, 1.54) is 11.0 Å². The number of aromatic nitrogens is 1. The molecule has 4 aromatic rings. The summed E-state index contributed by atoms with van der Waals surface area (Å²) in [7, 11) is 0. The molecule has 0 saturated heterocycles. The number of rotatable bonds is 3. The standard InChI is InChI=1S/C24H15FN2O2/c25-20-12-6-9-16-13-19(15-7-2-1-3-8-15)21(26-22(16)20)14-27-23(28)17-10-4-5-11-18(17)24(27)29/h1-13H,14H2. The SMILES string of the molecule is O=C1c2ccccc2C(=O)N1Cc1nc2c(F)cccc2cc1-c1ccccc1. The third kappa shape index (κ3) is 2.79. The summed E-state index contributed by atoms with van der Waals surface area (Å²) in [5, 5.41) is 0.662. The number of benzene rings is 3. The number of carbonyl (C=O) groups excluding carboxylic acids is 2. The van der Waals surface area contributed by atoms with Crippen molar-refractivity contribution in [3.63, 3.8) is 0 Å². The molecule has 5 rings (SSSR count). The number of para-hydroxylation sites is 1. The van der Waals surface area contributed by atoms with Crippen LogP contribution in [-0.4, -0.2) is 21.7 Å². The summed E-state index contributed by atoms with van der Waals surface area (Å²) in [4.78, 5) is 31.3. The Kier molecular flexibility index (Phi) is 3.95. The molecule has 0 aliphatic carbocycles. The first kappa shape index (κ1) is 17.3. The second kappa shape index (κ2) is 6.63. The average molecular weight is 382 g/mol. The number of imide groups is 1. The van der Waals surface area contributed by atoms with Gasteiger partial charge in [-0.05, 0) is 29.8 Å². The Labute approximate surface area is 166 Å². The molecule has 29 heavy (non-hydrogen) atoms. The second-order valence-electron chi connectivity index (χ2n) is 6.90. The molecule has 1 aliphatic heterocycles. The van der Waals surface area contributed by atoms with Crippen molar-refractivity contribution in [3.8, 4) is 11.1 Å².